The number of rotatable bonds is 8. The fourth-order valence-electron chi connectivity index (χ4n) is 5.15. The standard InChI is InChI=1S/C34H36FIN2O6/c1-19(39)15-22-9-8-10-24(16-22)28-21(3)38(14-13-37(7)33(42)44-34(4,5)6)31(40)29-26(20(2)32(41)43-30(28)29)17-23-11-12-25(36)18-27(23)35/h8-12,16,18H,13-15,17H2,1-7H3. The number of halogens is 2. The highest BCUT2D eigenvalue weighted by atomic mass is 127. The predicted octanol–water partition coefficient (Wildman–Crippen LogP) is 6.57. The Balaban J connectivity index is 1.99. The van der Waals surface area contributed by atoms with Gasteiger partial charge in [-0.25, -0.2) is 14.0 Å². The topological polar surface area (TPSA) is 98.8 Å². The van der Waals surface area contributed by atoms with Crippen molar-refractivity contribution in [3.05, 3.63) is 101 Å². The fraction of sp³-hybridized carbons (Fsp3) is 0.353. The SMILES string of the molecule is CC(=O)Cc1cccc(-c2c(C)n(CCN(C)C(=O)OC(C)(C)C)c(=O)c3c(Cc4ccc(I)cc4F)c(C)c(=O)oc23)c1. The zero-order valence-electron chi connectivity index (χ0n) is 26.0. The second-order valence-electron chi connectivity index (χ2n) is 12.0. The van der Waals surface area contributed by atoms with Crippen LogP contribution in [-0.4, -0.2) is 40.5 Å². The van der Waals surface area contributed by atoms with Crippen LogP contribution in [-0.2, 0) is 28.9 Å². The molecule has 8 nitrogen and oxygen atoms in total. The molecule has 0 N–H and O–H groups in total. The molecular weight excluding hydrogens is 678 g/mol. The van der Waals surface area contributed by atoms with Crippen LogP contribution in [0.4, 0.5) is 9.18 Å². The molecule has 0 spiro atoms. The molecule has 10 heteroatoms. The Kier molecular flexibility index (Phi) is 9.82. The van der Waals surface area contributed by atoms with Gasteiger partial charge < -0.3 is 18.6 Å². The number of nitrogens with zero attached hydrogens (tertiary/aromatic N) is 2. The van der Waals surface area contributed by atoms with Gasteiger partial charge in [-0.3, -0.25) is 9.59 Å². The number of Topliss-reactive ketones (excluding diaryl/α,β-unsaturated/α-hetero) is 1. The van der Waals surface area contributed by atoms with Crippen LogP contribution in [0.2, 0.25) is 0 Å². The molecule has 0 radical (unpaired) electrons. The van der Waals surface area contributed by atoms with E-state index in [9.17, 15) is 19.2 Å². The first kappa shape index (κ1) is 33.1. The maximum absolute atomic E-state index is 15.0. The van der Waals surface area contributed by atoms with Crippen molar-refractivity contribution in [1.29, 1.82) is 0 Å². The second kappa shape index (κ2) is 13.1. The van der Waals surface area contributed by atoms with Gasteiger partial charge in [-0.2, -0.15) is 0 Å². The Morgan fingerprint density at radius 2 is 1.80 bits per heavy atom. The number of aromatic nitrogens is 1. The number of ketones is 1. The van der Waals surface area contributed by atoms with Crippen LogP contribution >= 0.6 is 22.6 Å². The summed E-state index contributed by atoms with van der Waals surface area (Å²) in [6.45, 7) is 10.4. The van der Waals surface area contributed by atoms with Gasteiger partial charge in [-0.05, 0) is 98.5 Å². The zero-order chi connectivity index (χ0) is 32.5. The Labute approximate surface area is 269 Å². The third kappa shape index (κ3) is 7.28. The molecule has 0 aliphatic heterocycles. The van der Waals surface area contributed by atoms with Crippen LogP contribution in [0.5, 0.6) is 0 Å². The zero-order valence-corrected chi connectivity index (χ0v) is 28.1. The molecule has 0 aliphatic rings. The lowest BCUT2D eigenvalue weighted by Gasteiger charge is -2.25. The van der Waals surface area contributed by atoms with Crippen molar-refractivity contribution in [2.75, 3.05) is 13.6 Å². The third-order valence-corrected chi connectivity index (χ3v) is 8.02. The molecule has 0 fully saturated rings. The summed E-state index contributed by atoms with van der Waals surface area (Å²) in [6, 6.07) is 12.1. The van der Waals surface area contributed by atoms with Gasteiger partial charge in [0.05, 0.1) is 5.39 Å². The molecule has 2 aromatic heterocycles. The van der Waals surface area contributed by atoms with Crippen LogP contribution in [0, 0.1) is 23.2 Å². The van der Waals surface area contributed by atoms with E-state index in [1.807, 2.05) is 40.8 Å². The average molecular weight is 715 g/mol. The Morgan fingerprint density at radius 3 is 2.43 bits per heavy atom. The van der Waals surface area contributed by atoms with Gasteiger partial charge in [-0.1, -0.05) is 30.3 Å². The molecule has 0 atom stereocenters. The Hall–Kier alpha value is -3.80. The van der Waals surface area contributed by atoms with E-state index >= 15 is 4.39 Å². The number of benzene rings is 2. The monoisotopic (exact) mass is 714 g/mol. The number of carbonyl (C=O) groups excluding carboxylic acids is 2. The minimum Gasteiger partial charge on any atom is -0.444 e. The molecule has 1 amide bonds. The van der Waals surface area contributed by atoms with Gasteiger partial charge in [0.25, 0.3) is 5.56 Å². The van der Waals surface area contributed by atoms with Gasteiger partial charge in [-0.15, -0.1) is 0 Å². The molecule has 0 bridgehead atoms. The lowest BCUT2D eigenvalue weighted by atomic mass is 9.93. The summed E-state index contributed by atoms with van der Waals surface area (Å²) >= 11 is 2.02. The van der Waals surface area contributed by atoms with E-state index in [0.29, 0.717) is 27.9 Å². The van der Waals surface area contributed by atoms with Crippen molar-refractivity contribution in [2.24, 2.45) is 0 Å². The Bertz CT molecular complexity index is 1890. The molecule has 2 heterocycles. The number of ether oxygens (including phenoxy) is 1. The highest BCUT2D eigenvalue weighted by molar-refractivity contribution is 14.1. The molecule has 4 aromatic rings. The lowest BCUT2D eigenvalue weighted by Crippen LogP contribution is -2.37. The van der Waals surface area contributed by atoms with Gasteiger partial charge in [0.15, 0.2) is 5.58 Å². The summed E-state index contributed by atoms with van der Waals surface area (Å²) in [6.07, 6.45) is -0.319. The van der Waals surface area contributed by atoms with Gasteiger partial charge >= 0.3 is 11.7 Å². The number of hydrogen-bond donors (Lipinski definition) is 0. The van der Waals surface area contributed by atoms with E-state index in [0.717, 1.165) is 9.13 Å². The van der Waals surface area contributed by atoms with Gasteiger partial charge in [0.2, 0.25) is 0 Å². The first-order chi connectivity index (χ1) is 20.6. The molecular formula is C34H36FIN2O6. The Morgan fingerprint density at radius 1 is 1.09 bits per heavy atom. The molecule has 2 aromatic carbocycles. The molecule has 0 saturated heterocycles. The molecule has 0 aliphatic carbocycles. The van der Waals surface area contributed by atoms with Gasteiger partial charge in [0.1, 0.15) is 17.2 Å². The normalized spacial score (nSPS) is 11.6. The van der Waals surface area contributed by atoms with Gasteiger partial charge in [0, 0.05) is 53.4 Å². The van der Waals surface area contributed by atoms with Crippen molar-refractivity contribution in [1.82, 2.24) is 9.47 Å². The summed E-state index contributed by atoms with van der Waals surface area (Å²) < 4.78 is 28.6. The third-order valence-electron chi connectivity index (χ3n) is 7.35. The molecule has 0 saturated carbocycles. The van der Waals surface area contributed by atoms with Crippen molar-refractivity contribution in [3.63, 3.8) is 0 Å². The number of fused-ring (bicyclic) bond motifs is 1. The van der Waals surface area contributed by atoms with Crippen LogP contribution in [0.1, 0.15) is 55.6 Å². The largest absolute Gasteiger partial charge is 0.444 e. The minimum absolute atomic E-state index is 0.00336. The number of pyridine rings is 1. The summed E-state index contributed by atoms with van der Waals surface area (Å²) in [5.74, 6) is -0.454. The van der Waals surface area contributed by atoms with Crippen LogP contribution in [0.25, 0.3) is 22.1 Å². The van der Waals surface area contributed by atoms with E-state index in [1.54, 1.807) is 64.4 Å². The molecule has 0 unspecified atom stereocenters. The molecule has 4 rings (SSSR count). The number of hydrogen-bond acceptors (Lipinski definition) is 6. The van der Waals surface area contributed by atoms with E-state index in [4.69, 9.17) is 9.15 Å². The van der Waals surface area contributed by atoms with Crippen molar-refractivity contribution >= 4 is 45.4 Å². The maximum atomic E-state index is 15.0. The fourth-order valence-corrected chi connectivity index (χ4v) is 5.60. The summed E-state index contributed by atoms with van der Waals surface area (Å²) in [5, 5.41) is 0.164. The lowest BCUT2D eigenvalue weighted by molar-refractivity contribution is -0.116. The highest BCUT2D eigenvalue weighted by Crippen LogP contribution is 2.33. The first-order valence-electron chi connectivity index (χ1n) is 14.2. The second-order valence-corrected chi connectivity index (χ2v) is 13.3. The van der Waals surface area contributed by atoms with Crippen LogP contribution < -0.4 is 11.2 Å². The van der Waals surface area contributed by atoms with Crippen molar-refractivity contribution < 1.29 is 23.1 Å². The number of amides is 1. The first-order valence-corrected chi connectivity index (χ1v) is 15.3. The predicted molar refractivity (Wildman–Crippen MR) is 177 cm³/mol. The van der Waals surface area contributed by atoms with E-state index in [-0.39, 0.29) is 48.2 Å². The van der Waals surface area contributed by atoms with E-state index < -0.39 is 28.7 Å². The van der Waals surface area contributed by atoms with Crippen LogP contribution in [0.3, 0.4) is 0 Å². The summed E-state index contributed by atoms with van der Waals surface area (Å²) in [7, 11) is 1.59. The van der Waals surface area contributed by atoms with Crippen molar-refractivity contribution in [2.45, 2.75) is 66.5 Å². The highest BCUT2D eigenvalue weighted by Gasteiger charge is 2.25. The molecule has 232 valence electrons. The summed E-state index contributed by atoms with van der Waals surface area (Å²) in [4.78, 5) is 53.5. The van der Waals surface area contributed by atoms with Crippen LogP contribution in [0.15, 0.2) is 56.5 Å². The maximum Gasteiger partial charge on any atom is 0.410 e. The van der Waals surface area contributed by atoms with Crippen molar-refractivity contribution in [3.8, 4) is 11.1 Å². The van der Waals surface area contributed by atoms with E-state index in [1.165, 1.54) is 17.9 Å². The molecule has 44 heavy (non-hydrogen) atoms. The number of carbonyl (C=O) groups is 2. The smallest absolute Gasteiger partial charge is 0.410 e. The average Bonchev–Trinajstić information content (AvgIpc) is 2.91. The minimum atomic E-state index is -0.687. The summed E-state index contributed by atoms with van der Waals surface area (Å²) in [5.41, 5.74) is 1.72. The quantitative estimate of drug-likeness (QED) is 0.192. The van der Waals surface area contributed by atoms with E-state index in [2.05, 4.69) is 0 Å². The number of likely N-dealkylation sites (N-methyl/N-ethyl adjacent to an activating group) is 1.